The predicted octanol–water partition coefficient (Wildman–Crippen LogP) is 3.91. The van der Waals surface area contributed by atoms with Crippen molar-refractivity contribution in [2.24, 2.45) is 0 Å². The predicted molar refractivity (Wildman–Crippen MR) is 77.4 cm³/mol. The Bertz CT molecular complexity index is 587. The molecular formula is C17H18O2. The second-order valence-electron chi connectivity index (χ2n) is 5.04. The Kier molecular flexibility index (Phi) is 3.70. The van der Waals surface area contributed by atoms with E-state index in [-0.39, 0.29) is 6.42 Å². The van der Waals surface area contributed by atoms with Crippen molar-refractivity contribution in [3.8, 4) is 11.1 Å². The second kappa shape index (κ2) is 5.27. The highest BCUT2D eigenvalue weighted by Gasteiger charge is 2.07. The third-order valence-corrected chi connectivity index (χ3v) is 3.27. The van der Waals surface area contributed by atoms with Crippen molar-refractivity contribution in [3.05, 3.63) is 58.7 Å². The van der Waals surface area contributed by atoms with Gasteiger partial charge in [0.2, 0.25) is 0 Å². The van der Waals surface area contributed by atoms with Crippen LogP contribution in [0.15, 0.2) is 36.4 Å². The van der Waals surface area contributed by atoms with Gasteiger partial charge in [0, 0.05) is 0 Å². The molecular weight excluding hydrogens is 236 g/mol. The van der Waals surface area contributed by atoms with E-state index >= 15 is 0 Å². The summed E-state index contributed by atoms with van der Waals surface area (Å²) < 4.78 is 0. The van der Waals surface area contributed by atoms with Gasteiger partial charge >= 0.3 is 5.97 Å². The lowest BCUT2D eigenvalue weighted by Gasteiger charge is -2.12. The van der Waals surface area contributed by atoms with Crippen LogP contribution in [0.2, 0.25) is 0 Å². The first-order chi connectivity index (χ1) is 8.97. The van der Waals surface area contributed by atoms with Crippen LogP contribution < -0.4 is 0 Å². The highest BCUT2D eigenvalue weighted by Crippen LogP contribution is 2.28. The molecule has 0 spiro atoms. The molecule has 0 aliphatic carbocycles. The Balaban J connectivity index is 2.40. The minimum absolute atomic E-state index is 0.0755. The van der Waals surface area contributed by atoms with Crippen LogP contribution >= 0.6 is 0 Å². The second-order valence-corrected chi connectivity index (χ2v) is 5.04. The standard InChI is InChI=1S/C17H18O2/c1-11-8-12(2)17(13(3)9-11)15-6-4-14(5-7-15)10-16(18)19/h4-9H,10H2,1-3H3,(H,18,19). The molecule has 0 saturated heterocycles. The number of rotatable bonds is 3. The van der Waals surface area contributed by atoms with Crippen molar-refractivity contribution in [1.29, 1.82) is 0 Å². The first kappa shape index (κ1) is 13.3. The van der Waals surface area contributed by atoms with E-state index in [0.717, 1.165) is 11.1 Å². The topological polar surface area (TPSA) is 37.3 Å². The summed E-state index contributed by atoms with van der Waals surface area (Å²) in [7, 11) is 0. The maximum absolute atomic E-state index is 10.7. The molecule has 2 aromatic rings. The lowest BCUT2D eigenvalue weighted by molar-refractivity contribution is -0.136. The Hall–Kier alpha value is -2.09. The SMILES string of the molecule is Cc1cc(C)c(-c2ccc(CC(=O)O)cc2)c(C)c1. The van der Waals surface area contributed by atoms with E-state index in [4.69, 9.17) is 5.11 Å². The number of aliphatic carboxylic acids is 1. The summed E-state index contributed by atoms with van der Waals surface area (Å²) in [6, 6.07) is 12.1. The normalized spacial score (nSPS) is 10.5. The van der Waals surface area contributed by atoms with Crippen LogP contribution in [0.1, 0.15) is 22.3 Å². The van der Waals surface area contributed by atoms with E-state index in [0.29, 0.717) is 0 Å². The summed E-state index contributed by atoms with van der Waals surface area (Å²) in [5.74, 6) is -0.796. The van der Waals surface area contributed by atoms with Gasteiger partial charge in [-0.3, -0.25) is 4.79 Å². The molecule has 0 bridgehead atoms. The fourth-order valence-electron chi connectivity index (χ4n) is 2.60. The number of hydrogen-bond acceptors (Lipinski definition) is 1. The third-order valence-electron chi connectivity index (χ3n) is 3.27. The van der Waals surface area contributed by atoms with Crippen molar-refractivity contribution >= 4 is 5.97 Å². The fourth-order valence-corrected chi connectivity index (χ4v) is 2.60. The van der Waals surface area contributed by atoms with E-state index in [2.05, 4.69) is 32.9 Å². The average Bonchev–Trinajstić information content (AvgIpc) is 2.29. The highest BCUT2D eigenvalue weighted by molar-refractivity contribution is 5.73. The van der Waals surface area contributed by atoms with E-state index in [9.17, 15) is 4.79 Å². The van der Waals surface area contributed by atoms with Gasteiger partial charge in [-0.1, -0.05) is 42.0 Å². The molecule has 2 heteroatoms. The maximum atomic E-state index is 10.7. The van der Waals surface area contributed by atoms with Crippen molar-refractivity contribution in [1.82, 2.24) is 0 Å². The van der Waals surface area contributed by atoms with Gasteiger partial charge in [0.1, 0.15) is 0 Å². The summed E-state index contributed by atoms with van der Waals surface area (Å²) in [4.78, 5) is 10.7. The zero-order valence-electron chi connectivity index (χ0n) is 11.5. The first-order valence-electron chi connectivity index (χ1n) is 6.36. The zero-order valence-corrected chi connectivity index (χ0v) is 11.5. The number of carbonyl (C=O) groups is 1. The van der Waals surface area contributed by atoms with E-state index in [1.165, 1.54) is 22.3 Å². The van der Waals surface area contributed by atoms with Crippen LogP contribution in [0.5, 0.6) is 0 Å². The first-order valence-corrected chi connectivity index (χ1v) is 6.36. The lowest BCUT2D eigenvalue weighted by atomic mass is 9.93. The number of hydrogen-bond donors (Lipinski definition) is 1. The van der Waals surface area contributed by atoms with Crippen LogP contribution in [0.25, 0.3) is 11.1 Å². The molecule has 0 atom stereocenters. The van der Waals surface area contributed by atoms with Gasteiger partial charge in [-0.05, 0) is 48.6 Å². The van der Waals surface area contributed by atoms with Gasteiger partial charge in [-0.25, -0.2) is 0 Å². The van der Waals surface area contributed by atoms with Crippen LogP contribution in [0, 0.1) is 20.8 Å². The van der Waals surface area contributed by atoms with E-state index in [1.54, 1.807) is 0 Å². The van der Waals surface area contributed by atoms with Crippen LogP contribution in [-0.4, -0.2) is 11.1 Å². The highest BCUT2D eigenvalue weighted by atomic mass is 16.4. The van der Waals surface area contributed by atoms with E-state index in [1.807, 2.05) is 24.3 Å². The minimum Gasteiger partial charge on any atom is -0.481 e. The van der Waals surface area contributed by atoms with Gasteiger partial charge in [0.05, 0.1) is 6.42 Å². The number of aryl methyl sites for hydroxylation is 3. The molecule has 0 saturated carbocycles. The number of carboxylic acid groups (broad SMARTS) is 1. The van der Waals surface area contributed by atoms with Gasteiger partial charge < -0.3 is 5.11 Å². The fraction of sp³-hybridized carbons (Fsp3) is 0.235. The molecule has 0 unspecified atom stereocenters. The van der Waals surface area contributed by atoms with Gasteiger partial charge in [-0.15, -0.1) is 0 Å². The maximum Gasteiger partial charge on any atom is 0.307 e. The summed E-state index contributed by atoms with van der Waals surface area (Å²) >= 11 is 0. The van der Waals surface area contributed by atoms with Gasteiger partial charge in [0.15, 0.2) is 0 Å². The quantitative estimate of drug-likeness (QED) is 0.901. The van der Waals surface area contributed by atoms with E-state index < -0.39 is 5.97 Å². The number of carboxylic acids is 1. The molecule has 0 amide bonds. The molecule has 0 heterocycles. The van der Waals surface area contributed by atoms with Crippen molar-refractivity contribution in [2.75, 3.05) is 0 Å². The Labute approximate surface area is 113 Å². The summed E-state index contributed by atoms with van der Waals surface area (Å²) in [6.07, 6.45) is 0.0755. The summed E-state index contributed by atoms with van der Waals surface area (Å²) in [5, 5.41) is 8.77. The minimum atomic E-state index is -0.796. The molecule has 0 fully saturated rings. The van der Waals surface area contributed by atoms with Crippen LogP contribution in [-0.2, 0) is 11.2 Å². The molecule has 0 radical (unpaired) electrons. The lowest BCUT2D eigenvalue weighted by Crippen LogP contribution is -1.99. The summed E-state index contributed by atoms with van der Waals surface area (Å²) in [6.45, 7) is 6.32. The molecule has 0 aliphatic heterocycles. The molecule has 2 nitrogen and oxygen atoms in total. The Morgan fingerprint density at radius 3 is 2.00 bits per heavy atom. The van der Waals surface area contributed by atoms with Crippen LogP contribution in [0.3, 0.4) is 0 Å². The average molecular weight is 254 g/mol. The van der Waals surface area contributed by atoms with Crippen LogP contribution in [0.4, 0.5) is 0 Å². The molecule has 0 aromatic heterocycles. The molecule has 19 heavy (non-hydrogen) atoms. The van der Waals surface area contributed by atoms with Crippen molar-refractivity contribution < 1.29 is 9.90 Å². The molecule has 2 aromatic carbocycles. The van der Waals surface area contributed by atoms with Gasteiger partial charge in [-0.2, -0.15) is 0 Å². The Morgan fingerprint density at radius 2 is 1.53 bits per heavy atom. The molecule has 1 N–H and O–H groups in total. The largest absolute Gasteiger partial charge is 0.481 e. The zero-order chi connectivity index (χ0) is 14.0. The van der Waals surface area contributed by atoms with Crippen molar-refractivity contribution in [3.63, 3.8) is 0 Å². The van der Waals surface area contributed by atoms with Gasteiger partial charge in [0.25, 0.3) is 0 Å². The molecule has 2 rings (SSSR count). The molecule has 98 valence electrons. The third kappa shape index (κ3) is 3.02. The van der Waals surface area contributed by atoms with Crippen molar-refractivity contribution in [2.45, 2.75) is 27.2 Å². The molecule has 0 aliphatic rings. The smallest absolute Gasteiger partial charge is 0.307 e. The number of benzene rings is 2. The monoisotopic (exact) mass is 254 g/mol. The Morgan fingerprint density at radius 1 is 1.00 bits per heavy atom. The summed E-state index contributed by atoms with van der Waals surface area (Å²) in [5.41, 5.74) is 6.99.